The molecule has 124 valence electrons. The number of amides is 1. The third kappa shape index (κ3) is 6.22. The first-order valence-corrected chi connectivity index (χ1v) is 8.13. The van der Waals surface area contributed by atoms with Gasteiger partial charge in [-0.1, -0.05) is 19.8 Å². The summed E-state index contributed by atoms with van der Waals surface area (Å²) >= 11 is 0. The van der Waals surface area contributed by atoms with E-state index in [2.05, 4.69) is 24.2 Å². The molecule has 5 nitrogen and oxygen atoms in total. The van der Waals surface area contributed by atoms with Crippen LogP contribution in [0.2, 0.25) is 0 Å². The average Bonchev–Trinajstić information content (AvgIpc) is 2.37. The largest absolute Gasteiger partial charge is 0.444 e. The van der Waals surface area contributed by atoms with Crippen molar-refractivity contribution in [2.45, 2.75) is 71.1 Å². The molecule has 1 fully saturated rings. The summed E-state index contributed by atoms with van der Waals surface area (Å²) < 4.78 is 5.27. The average molecular weight is 299 g/mol. The van der Waals surface area contributed by atoms with E-state index in [0.29, 0.717) is 25.0 Å². The zero-order valence-corrected chi connectivity index (χ0v) is 14.3. The van der Waals surface area contributed by atoms with Gasteiger partial charge in [0.2, 0.25) is 0 Å². The van der Waals surface area contributed by atoms with Crippen molar-refractivity contribution in [1.82, 2.24) is 10.2 Å². The zero-order valence-electron chi connectivity index (χ0n) is 14.3. The number of likely N-dealkylation sites (N-methyl/N-ethyl adjacent to an activating group) is 1. The second-order valence-corrected chi connectivity index (χ2v) is 7.27. The normalized spacial score (nSPS) is 24.7. The highest BCUT2D eigenvalue weighted by atomic mass is 16.6. The van der Waals surface area contributed by atoms with Gasteiger partial charge in [0, 0.05) is 25.2 Å². The van der Waals surface area contributed by atoms with Crippen molar-refractivity contribution in [2.24, 2.45) is 11.7 Å². The summed E-state index contributed by atoms with van der Waals surface area (Å²) in [6.07, 6.45) is 4.75. The molecule has 3 atom stereocenters. The van der Waals surface area contributed by atoms with Crippen LogP contribution in [0.15, 0.2) is 0 Å². The number of nitrogens with two attached hydrogens (primary N) is 1. The van der Waals surface area contributed by atoms with Gasteiger partial charge in [-0.3, -0.25) is 4.90 Å². The number of nitrogens with zero attached hydrogens (tertiary/aromatic N) is 1. The molecular weight excluding hydrogens is 266 g/mol. The lowest BCUT2D eigenvalue weighted by atomic mass is 9.84. The molecule has 5 heteroatoms. The van der Waals surface area contributed by atoms with Crippen molar-refractivity contribution >= 4 is 6.09 Å². The molecule has 1 rings (SSSR count). The van der Waals surface area contributed by atoms with Gasteiger partial charge in [-0.05, 0) is 46.6 Å². The minimum atomic E-state index is -0.466. The summed E-state index contributed by atoms with van der Waals surface area (Å²) in [5, 5.41) is 2.84. The van der Waals surface area contributed by atoms with Gasteiger partial charge >= 0.3 is 6.09 Å². The summed E-state index contributed by atoms with van der Waals surface area (Å²) in [5.41, 5.74) is 5.44. The van der Waals surface area contributed by atoms with Crippen molar-refractivity contribution in [3.8, 4) is 0 Å². The van der Waals surface area contributed by atoms with Crippen LogP contribution in [0.1, 0.15) is 53.4 Å². The molecule has 21 heavy (non-hydrogen) atoms. The fourth-order valence-electron chi connectivity index (χ4n) is 3.08. The van der Waals surface area contributed by atoms with Crippen LogP contribution in [0.4, 0.5) is 4.79 Å². The number of carbonyl (C=O) groups excluding carboxylic acids is 1. The minimum Gasteiger partial charge on any atom is -0.444 e. The van der Waals surface area contributed by atoms with Gasteiger partial charge in [0.25, 0.3) is 0 Å². The highest BCUT2D eigenvalue weighted by Gasteiger charge is 2.29. The highest BCUT2D eigenvalue weighted by molar-refractivity contribution is 5.67. The van der Waals surface area contributed by atoms with Gasteiger partial charge in [-0.15, -0.1) is 0 Å². The molecule has 0 radical (unpaired) electrons. The first kappa shape index (κ1) is 18.2. The van der Waals surface area contributed by atoms with Crippen LogP contribution in [0.25, 0.3) is 0 Å². The quantitative estimate of drug-likeness (QED) is 0.817. The van der Waals surface area contributed by atoms with Crippen LogP contribution < -0.4 is 11.1 Å². The Hall–Kier alpha value is -0.810. The summed E-state index contributed by atoms with van der Waals surface area (Å²) in [6.45, 7) is 8.98. The summed E-state index contributed by atoms with van der Waals surface area (Å²) in [7, 11) is 2.13. The Morgan fingerprint density at radius 2 is 2.00 bits per heavy atom. The number of hydrogen-bond acceptors (Lipinski definition) is 4. The van der Waals surface area contributed by atoms with E-state index in [4.69, 9.17) is 10.5 Å². The first-order valence-electron chi connectivity index (χ1n) is 8.13. The maximum Gasteiger partial charge on any atom is 0.407 e. The predicted octanol–water partition coefficient (Wildman–Crippen LogP) is 2.35. The van der Waals surface area contributed by atoms with E-state index in [1.807, 2.05) is 20.8 Å². The minimum absolute atomic E-state index is 0.156. The van der Waals surface area contributed by atoms with E-state index in [0.717, 1.165) is 0 Å². The first-order chi connectivity index (χ1) is 9.74. The van der Waals surface area contributed by atoms with Crippen molar-refractivity contribution in [3.63, 3.8) is 0 Å². The molecule has 0 aromatic rings. The Labute approximate surface area is 129 Å². The summed E-state index contributed by atoms with van der Waals surface area (Å²) in [4.78, 5) is 14.1. The molecule has 1 aliphatic carbocycles. The van der Waals surface area contributed by atoms with E-state index in [1.54, 1.807) is 0 Å². The molecule has 0 saturated heterocycles. The standard InChI is InChI=1S/C16H33N3O2/c1-12-8-6-7-9-14(12)19(5)13(10-17)11-18-15(20)21-16(2,3)4/h12-14H,6-11,17H2,1-5H3,(H,18,20). The molecule has 0 spiro atoms. The van der Waals surface area contributed by atoms with Crippen LogP contribution in [0, 0.1) is 5.92 Å². The Kier molecular flexibility index (Phi) is 6.94. The third-order valence-electron chi connectivity index (χ3n) is 4.32. The van der Waals surface area contributed by atoms with Crippen molar-refractivity contribution in [2.75, 3.05) is 20.1 Å². The second kappa shape index (κ2) is 7.99. The smallest absolute Gasteiger partial charge is 0.407 e. The Morgan fingerprint density at radius 1 is 1.38 bits per heavy atom. The summed E-state index contributed by atoms with van der Waals surface area (Å²) in [5.74, 6) is 0.694. The SMILES string of the molecule is CC1CCCCC1N(C)C(CN)CNC(=O)OC(C)(C)C. The van der Waals surface area contributed by atoms with E-state index < -0.39 is 5.60 Å². The van der Waals surface area contributed by atoms with Gasteiger partial charge in [0.15, 0.2) is 0 Å². The molecule has 0 aliphatic heterocycles. The molecule has 3 N–H and O–H groups in total. The zero-order chi connectivity index (χ0) is 16.0. The number of rotatable bonds is 5. The molecule has 1 amide bonds. The van der Waals surface area contributed by atoms with E-state index >= 15 is 0 Å². The van der Waals surface area contributed by atoms with Crippen molar-refractivity contribution in [3.05, 3.63) is 0 Å². The highest BCUT2D eigenvalue weighted by Crippen LogP contribution is 2.28. The number of hydrogen-bond donors (Lipinski definition) is 2. The lowest BCUT2D eigenvalue weighted by Gasteiger charge is -2.40. The number of alkyl carbamates (subject to hydrolysis) is 1. The van der Waals surface area contributed by atoms with E-state index in [-0.39, 0.29) is 12.1 Å². The maximum atomic E-state index is 11.7. The molecule has 1 saturated carbocycles. The maximum absolute atomic E-state index is 11.7. The van der Waals surface area contributed by atoms with Crippen molar-refractivity contribution in [1.29, 1.82) is 0 Å². The van der Waals surface area contributed by atoms with Gasteiger partial charge in [0.05, 0.1) is 0 Å². The Balaban J connectivity index is 2.48. The van der Waals surface area contributed by atoms with E-state index in [9.17, 15) is 4.79 Å². The Morgan fingerprint density at radius 3 is 2.52 bits per heavy atom. The summed E-state index contributed by atoms with van der Waals surface area (Å²) in [6, 6.07) is 0.718. The predicted molar refractivity (Wildman–Crippen MR) is 86.3 cm³/mol. The fraction of sp³-hybridized carbons (Fsp3) is 0.938. The van der Waals surface area contributed by atoms with Crippen molar-refractivity contribution < 1.29 is 9.53 Å². The monoisotopic (exact) mass is 299 g/mol. The molecule has 3 unspecified atom stereocenters. The van der Waals surface area contributed by atoms with Crippen LogP contribution in [-0.4, -0.2) is 48.8 Å². The molecule has 0 bridgehead atoms. The molecular formula is C16H33N3O2. The second-order valence-electron chi connectivity index (χ2n) is 7.27. The number of nitrogens with one attached hydrogen (secondary N) is 1. The molecule has 0 aromatic heterocycles. The van der Waals surface area contributed by atoms with Gasteiger partial charge < -0.3 is 15.8 Å². The fourth-order valence-corrected chi connectivity index (χ4v) is 3.08. The van der Waals surface area contributed by atoms with Crippen LogP contribution in [0.3, 0.4) is 0 Å². The lowest BCUT2D eigenvalue weighted by molar-refractivity contribution is 0.0485. The topological polar surface area (TPSA) is 67.6 Å². The number of carbonyl (C=O) groups is 1. The Bertz CT molecular complexity index is 328. The third-order valence-corrected chi connectivity index (χ3v) is 4.32. The van der Waals surface area contributed by atoms with Crippen LogP contribution >= 0.6 is 0 Å². The van der Waals surface area contributed by atoms with Gasteiger partial charge in [0.1, 0.15) is 5.60 Å². The van der Waals surface area contributed by atoms with Gasteiger partial charge in [-0.2, -0.15) is 0 Å². The van der Waals surface area contributed by atoms with Gasteiger partial charge in [-0.25, -0.2) is 4.79 Å². The van der Waals surface area contributed by atoms with Crippen LogP contribution in [-0.2, 0) is 4.74 Å². The van der Waals surface area contributed by atoms with E-state index in [1.165, 1.54) is 25.7 Å². The lowest BCUT2D eigenvalue weighted by Crippen LogP contribution is -2.53. The molecule has 0 heterocycles. The molecule has 0 aromatic carbocycles. The number of ether oxygens (including phenoxy) is 1. The van der Waals surface area contributed by atoms with Crippen LogP contribution in [0.5, 0.6) is 0 Å². The molecule has 1 aliphatic rings.